The van der Waals surface area contributed by atoms with E-state index in [4.69, 9.17) is 0 Å². The van der Waals surface area contributed by atoms with Gasteiger partial charge in [0.05, 0.1) is 0 Å². The van der Waals surface area contributed by atoms with Crippen molar-refractivity contribution in [1.82, 2.24) is 10.3 Å². The second-order valence-corrected chi connectivity index (χ2v) is 8.87. The van der Waals surface area contributed by atoms with Crippen molar-refractivity contribution in [3.8, 4) is 0 Å². The van der Waals surface area contributed by atoms with E-state index in [0.29, 0.717) is 11.5 Å². The number of pyridine rings is 1. The zero-order chi connectivity index (χ0) is 16.7. The van der Waals surface area contributed by atoms with Crippen molar-refractivity contribution >= 4 is 11.5 Å². The van der Waals surface area contributed by atoms with Gasteiger partial charge in [0.2, 0.25) is 0 Å². The van der Waals surface area contributed by atoms with E-state index in [9.17, 15) is 0 Å². The van der Waals surface area contributed by atoms with Gasteiger partial charge in [-0.3, -0.25) is 0 Å². The molecule has 24 heavy (non-hydrogen) atoms. The molecule has 1 aliphatic carbocycles. The Bertz CT molecular complexity index is 573. The van der Waals surface area contributed by atoms with Crippen molar-refractivity contribution < 1.29 is 0 Å². The first-order chi connectivity index (χ1) is 11.5. The number of nitrogens with one attached hydrogen (secondary N) is 2. The molecule has 2 aliphatic heterocycles. The van der Waals surface area contributed by atoms with Gasteiger partial charge in [-0.15, -0.1) is 0 Å². The Hall–Kier alpha value is -1.29. The maximum absolute atomic E-state index is 4.55. The Morgan fingerprint density at radius 1 is 1.33 bits per heavy atom. The van der Waals surface area contributed by atoms with Crippen LogP contribution in [0.25, 0.3) is 0 Å². The molecule has 1 aromatic heterocycles. The highest BCUT2D eigenvalue weighted by atomic mass is 15.2. The molecule has 0 amide bonds. The summed E-state index contributed by atoms with van der Waals surface area (Å²) < 4.78 is 0. The summed E-state index contributed by atoms with van der Waals surface area (Å²) in [5.41, 5.74) is 1.81. The van der Waals surface area contributed by atoms with Crippen LogP contribution in [0.2, 0.25) is 0 Å². The van der Waals surface area contributed by atoms with Gasteiger partial charge >= 0.3 is 0 Å². The lowest BCUT2D eigenvalue weighted by Crippen LogP contribution is -2.30. The molecular weight excluding hydrogens is 296 g/mol. The first-order valence-electron chi connectivity index (χ1n) is 9.71. The number of nitrogens with zero attached hydrogens (tertiary/aromatic N) is 2. The maximum Gasteiger partial charge on any atom is 0.127 e. The van der Waals surface area contributed by atoms with Crippen molar-refractivity contribution in [1.29, 1.82) is 0 Å². The fourth-order valence-corrected chi connectivity index (χ4v) is 4.96. The number of hydrogen-bond acceptors (Lipinski definition) is 4. The van der Waals surface area contributed by atoms with E-state index >= 15 is 0 Å². The van der Waals surface area contributed by atoms with Crippen molar-refractivity contribution in [2.24, 2.45) is 23.2 Å². The Balaban J connectivity index is 1.37. The minimum Gasteiger partial charge on any atom is -0.370 e. The van der Waals surface area contributed by atoms with E-state index in [1.165, 1.54) is 38.0 Å². The lowest BCUT2D eigenvalue weighted by atomic mass is 9.80. The third-order valence-electron chi connectivity index (χ3n) is 7.12. The molecule has 1 saturated carbocycles. The quantitative estimate of drug-likeness (QED) is 0.889. The molecule has 4 rings (SSSR count). The summed E-state index contributed by atoms with van der Waals surface area (Å²) in [7, 11) is 0. The van der Waals surface area contributed by atoms with Crippen molar-refractivity contribution in [2.75, 3.05) is 36.4 Å². The van der Waals surface area contributed by atoms with Crippen LogP contribution in [0, 0.1) is 23.2 Å². The summed E-state index contributed by atoms with van der Waals surface area (Å²) in [5, 5.41) is 7.25. The second-order valence-electron chi connectivity index (χ2n) is 8.87. The topological polar surface area (TPSA) is 40.2 Å². The lowest BCUT2D eigenvalue weighted by molar-refractivity contribution is 0.244. The van der Waals surface area contributed by atoms with Gasteiger partial charge in [-0.05, 0) is 55.0 Å². The van der Waals surface area contributed by atoms with Crippen LogP contribution in [0.1, 0.15) is 40.0 Å². The Morgan fingerprint density at radius 2 is 2.21 bits per heavy atom. The van der Waals surface area contributed by atoms with Crippen LogP contribution in [-0.2, 0) is 0 Å². The molecule has 3 fully saturated rings. The van der Waals surface area contributed by atoms with Crippen LogP contribution in [0.5, 0.6) is 0 Å². The molecule has 0 bridgehead atoms. The van der Waals surface area contributed by atoms with E-state index < -0.39 is 0 Å². The highest BCUT2D eigenvalue weighted by Crippen LogP contribution is 2.46. The molecule has 3 aliphatic rings. The van der Waals surface area contributed by atoms with Gasteiger partial charge < -0.3 is 15.5 Å². The lowest BCUT2D eigenvalue weighted by Gasteiger charge is -2.27. The molecule has 4 heteroatoms. The van der Waals surface area contributed by atoms with E-state index in [1.54, 1.807) is 0 Å². The third kappa shape index (κ3) is 3.01. The van der Waals surface area contributed by atoms with Crippen LogP contribution in [0.15, 0.2) is 18.3 Å². The first-order valence-corrected chi connectivity index (χ1v) is 9.71. The predicted molar refractivity (Wildman–Crippen MR) is 101 cm³/mol. The van der Waals surface area contributed by atoms with Crippen LogP contribution in [0.4, 0.5) is 11.5 Å². The normalized spacial score (nSPS) is 34.5. The monoisotopic (exact) mass is 328 g/mol. The molecule has 0 aromatic carbocycles. The summed E-state index contributed by atoms with van der Waals surface area (Å²) >= 11 is 0. The molecule has 2 N–H and O–H groups in total. The Kier molecular flexibility index (Phi) is 4.19. The van der Waals surface area contributed by atoms with E-state index in [-0.39, 0.29) is 0 Å². The highest BCUT2D eigenvalue weighted by molar-refractivity contribution is 5.55. The average Bonchev–Trinajstić information content (AvgIpc) is 3.22. The fourth-order valence-electron chi connectivity index (χ4n) is 4.96. The maximum atomic E-state index is 4.55. The zero-order valence-electron chi connectivity index (χ0n) is 15.4. The standard InChI is InChI=1S/C20H32N4/c1-14-15(4-7-20(14,2)3)11-23-19-10-17(6-9-22-19)24-12-16-5-8-21-18(16)13-24/h6,9-10,14-16,18,21H,4-5,7-8,11-13H2,1-3H3,(H,22,23)/t14-,15+,16+,18-/m0/s1. The molecule has 0 radical (unpaired) electrons. The molecule has 0 spiro atoms. The Labute approximate surface area is 146 Å². The summed E-state index contributed by atoms with van der Waals surface area (Å²) in [6, 6.07) is 5.09. The van der Waals surface area contributed by atoms with E-state index in [1.807, 2.05) is 6.20 Å². The highest BCUT2D eigenvalue weighted by Gasteiger charge is 2.38. The van der Waals surface area contributed by atoms with Gasteiger partial charge in [-0.25, -0.2) is 4.98 Å². The number of hydrogen-bond donors (Lipinski definition) is 2. The van der Waals surface area contributed by atoms with Gasteiger partial charge in [-0.2, -0.15) is 0 Å². The first kappa shape index (κ1) is 16.2. The van der Waals surface area contributed by atoms with Gasteiger partial charge in [-0.1, -0.05) is 20.8 Å². The van der Waals surface area contributed by atoms with Crippen molar-refractivity contribution in [3.63, 3.8) is 0 Å². The molecule has 1 aromatic rings. The van der Waals surface area contributed by atoms with Crippen LogP contribution in [-0.4, -0.2) is 37.2 Å². The van der Waals surface area contributed by atoms with Crippen molar-refractivity contribution in [2.45, 2.75) is 46.1 Å². The molecule has 3 heterocycles. The van der Waals surface area contributed by atoms with Gasteiger partial charge in [0, 0.05) is 43.6 Å². The molecule has 2 saturated heterocycles. The fraction of sp³-hybridized carbons (Fsp3) is 0.750. The second kappa shape index (κ2) is 6.21. The number of aromatic nitrogens is 1. The van der Waals surface area contributed by atoms with E-state index in [0.717, 1.165) is 36.7 Å². The summed E-state index contributed by atoms with van der Waals surface area (Å²) in [6.07, 6.45) is 5.97. The van der Waals surface area contributed by atoms with Gasteiger partial charge in [0.1, 0.15) is 5.82 Å². The number of anilines is 2. The largest absolute Gasteiger partial charge is 0.370 e. The summed E-state index contributed by atoms with van der Waals surface area (Å²) in [6.45, 7) is 11.8. The molecule has 4 atom stereocenters. The van der Waals surface area contributed by atoms with Gasteiger partial charge in [0.25, 0.3) is 0 Å². The minimum atomic E-state index is 0.488. The predicted octanol–water partition coefficient (Wildman–Crippen LogP) is 3.36. The molecular formula is C20H32N4. The summed E-state index contributed by atoms with van der Waals surface area (Å²) in [4.78, 5) is 7.08. The smallest absolute Gasteiger partial charge is 0.127 e. The van der Waals surface area contributed by atoms with Crippen LogP contribution < -0.4 is 15.5 Å². The van der Waals surface area contributed by atoms with Crippen LogP contribution in [0.3, 0.4) is 0 Å². The molecule has 132 valence electrons. The van der Waals surface area contributed by atoms with Gasteiger partial charge in [0.15, 0.2) is 0 Å². The SMILES string of the molecule is C[C@H]1[C@@H](CNc2cc(N3C[C@H]4CCN[C@H]4C3)ccn2)CCC1(C)C. The number of fused-ring (bicyclic) bond motifs is 1. The van der Waals surface area contributed by atoms with Crippen LogP contribution >= 0.6 is 0 Å². The average molecular weight is 329 g/mol. The van der Waals surface area contributed by atoms with Crippen molar-refractivity contribution in [3.05, 3.63) is 18.3 Å². The third-order valence-corrected chi connectivity index (χ3v) is 7.12. The molecule has 0 unspecified atom stereocenters. The van der Waals surface area contributed by atoms with E-state index in [2.05, 4.69) is 53.4 Å². The zero-order valence-corrected chi connectivity index (χ0v) is 15.4. The molecule has 4 nitrogen and oxygen atoms in total. The Morgan fingerprint density at radius 3 is 2.96 bits per heavy atom. The minimum absolute atomic E-state index is 0.488. The number of rotatable bonds is 4. The summed E-state index contributed by atoms with van der Waals surface area (Å²) in [5.74, 6) is 3.41.